The van der Waals surface area contributed by atoms with E-state index in [2.05, 4.69) is 9.47 Å². The molecule has 0 atom stereocenters. The summed E-state index contributed by atoms with van der Waals surface area (Å²) in [5.74, 6) is 1.70. The van der Waals surface area contributed by atoms with E-state index in [9.17, 15) is 13.4 Å². The molecule has 0 spiro atoms. The largest absolute Gasteiger partial charge is 0.497 e. The summed E-state index contributed by atoms with van der Waals surface area (Å²) < 4.78 is 32.9. The Kier molecular flexibility index (Phi) is 6.53. The minimum Gasteiger partial charge on any atom is -0.497 e. The number of methoxy groups -OCH3 is 1. The van der Waals surface area contributed by atoms with Gasteiger partial charge in [0.15, 0.2) is 5.78 Å². The van der Waals surface area contributed by atoms with E-state index in [-0.39, 0.29) is 11.6 Å². The van der Waals surface area contributed by atoms with Crippen molar-refractivity contribution in [3.63, 3.8) is 0 Å². The Balaban J connectivity index is 1.61. The standard InChI is InChI=1S/C24H27FN2O3S/c1-17-23(24(28)18-4-7-20(30-2)8-5-18)21-16-19(25)6-9-22(21)27(17)11-3-10-26-12-14-31(29)15-13-26/h4-9,16H,3,10-15H2,1-2H3. The van der Waals surface area contributed by atoms with Crippen molar-refractivity contribution < 1.29 is 18.1 Å². The van der Waals surface area contributed by atoms with Crippen molar-refractivity contribution in [2.75, 3.05) is 38.2 Å². The van der Waals surface area contributed by atoms with Crippen LogP contribution in [0.2, 0.25) is 0 Å². The number of ether oxygens (including phenoxy) is 1. The summed E-state index contributed by atoms with van der Waals surface area (Å²) in [5, 5.41) is 0.645. The number of benzene rings is 2. The van der Waals surface area contributed by atoms with E-state index in [1.165, 1.54) is 12.1 Å². The fourth-order valence-corrected chi connectivity index (χ4v) is 5.40. The Labute approximate surface area is 184 Å². The molecular formula is C24H27FN2O3S. The predicted octanol–water partition coefficient (Wildman–Crippen LogP) is 3.78. The van der Waals surface area contributed by atoms with Gasteiger partial charge < -0.3 is 14.2 Å². The third-order valence-electron chi connectivity index (χ3n) is 5.99. The van der Waals surface area contributed by atoms with Crippen molar-refractivity contribution in [3.05, 3.63) is 65.1 Å². The quantitative estimate of drug-likeness (QED) is 0.523. The summed E-state index contributed by atoms with van der Waals surface area (Å²) in [4.78, 5) is 15.7. The van der Waals surface area contributed by atoms with Gasteiger partial charge in [0.25, 0.3) is 0 Å². The molecule has 0 saturated carbocycles. The fraction of sp³-hybridized carbons (Fsp3) is 0.375. The second kappa shape index (κ2) is 9.32. The fourth-order valence-electron chi connectivity index (χ4n) is 4.27. The highest BCUT2D eigenvalue weighted by atomic mass is 32.2. The smallest absolute Gasteiger partial charge is 0.195 e. The summed E-state index contributed by atoms with van der Waals surface area (Å²) in [6.45, 7) is 5.32. The van der Waals surface area contributed by atoms with Gasteiger partial charge in [0.2, 0.25) is 0 Å². The number of carbonyl (C=O) groups is 1. The third-order valence-corrected chi connectivity index (χ3v) is 7.27. The number of aryl methyl sites for hydroxylation is 1. The molecule has 7 heteroatoms. The highest BCUT2D eigenvalue weighted by molar-refractivity contribution is 7.85. The maximum absolute atomic E-state index is 14.1. The average Bonchev–Trinajstić information content (AvgIpc) is 3.05. The maximum atomic E-state index is 14.1. The SMILES string of the molecule is COc1ccc(C(=O)c2c(C)n(CCCN3CCS(=O)CC3)c3ccc(F)cc23)cc1. The van der Waals surface area contributed by atoms with E-state index >= 15 is 0 Å². The van der Waals surface area contributed by atoms with Gasteiger partial charge in [-0.25, -0.2) is 4.39 Å². The first-order valence-electron chi connectivity index (χ1n) is 10.5. The number of halogens is 1. The summed E-state index contributed by atoms with van der Waals surface area (Å²) in [6, 6.07) is 11.6. The van der Waals surface area contributed by atoms with Gasteiger partial charge in [0.05, 0.1) is 12.7 Å². The zero-order valence-corrected chi connectivity index (χ0v) is 18.7. The molecule has 0 N–H and O–H groups in total. The normalized spacial score (nSPS) is 15.5. The van der Waals surface area contributed by atoms with Crippen molar-refractivity contribution in [3.8, 4) is 5.75 Å². The number of ketones is 1. The summed E-state index contributed by atoms with van der Waals surface area (Å²) in [7, 11) is 0.907. The molecule has 2 aromatic carbocycles. The van der Waals surface area contributed by atoms with E-state index in [1.807, 2.05) is 6.92 Å². The molecule has 0 radical (unpaired) electrons. The van der Waals surface area contributed by atoms with Crippen LogP contribution in [0.4, 0.5) is 4.39 Å². The molecule has 2 heterocycles. The van der Waals surface area contributed by atoms with Crippen LogP contribution in [0, 0.1) is 12.7 Å². The van der Waals surface area contributed by atoms with Crippen LogP contribution < -0.4 is 4.74 Å². The Morgan fingerprint density at radius 3 is 2.48 bits per heavy atom. The molecule has 0 unspecified atom stereocenters. The van der Waals surface area contributed by atoms with Crippen LogP contribution in [0.1, 0.15) is 28.0 Å². The van der Waals surface area contributed by atoms with Gasteiger partial charge in [0.1, 0.15) is 11.6 Å². The highest BCUT2D eigenvalue weighted by Crippen LogP contribution is 2.29. The van der Waals surface area contributed by atoms with Crippen molar-refractivity contribution in [1.82, 2.24) is 9.47 Å². The highest BCUT2D eigenvalue weighted by Gasteiger charge is 2.22. The second-order valence-corrected chi connectivity index (χ2v) is 9.57. The van der Waals surface area contributed by atoms with E-state index in [0.29, 0.717) is 22.3 Å². The van der Waals surface area contributed by atoms with E-state index in [4.69, 9.17) is 4.74 Å². The Hall–Kier alpha value is -2.51. The Bertz CT molecular complexity index is 1110. The molecule has 3 aromatic rings. The Morgan fingerprint density at radius 1 is 1.10 bits per heavy atom. The van der Waals surface area contributed by atoms with Crippen molar-refractivity contribution >= 4 is 27.5 Å². The van der Waals surface area contributed by atoms with Gasteiger partial charge in [-0.2, -0.15) is 0 Å². The average molecular weight is 443 g/mol. The molecule has 1 fully saturated rings. The van der Waals surface area contributed by atoms with E-state index in [0.717, 1.165) is 55.3 Å². The van der Waals surface area contributed by atoms with E-state index in [1.54, 1.807) is 37.4 Å². The molecule has 1 aliphatic rings. The van der Waals surface area contributed by atoms with Crippen LogP contribution in [0.25, 0.3) is 10.9 Å². The lowest BCUT2D eigenvalue weighted by Crippen LogP contribution is -2.38. The van der Waals surface area contributed by atoms with E-state index < -0.39 is 10.8 Å². The lowest BCUT2D eigenvalue weighted by Gasteiger charge is -2.26. The van der Waals surface area contributed by atoms with Crippen molar-refractivity contribution in [2.45, 2.75) is 19.9 Å². The number of rotatable bonds is 7. The molecule has 1 aliphatic heterocycles. The first kappa shape index (κ1) is 21.7. The molecule has 1 saturated heterocycles. The zero-order chi connectivity index (χ0) is 22.0. The van der Waals surface area contributed by atoms with Crippen LogP contribution in [0.5, 0.6) is 5.75 Å². The number of aromatic nitrogens is 1. The summed E-state index contributed by atoms with van der Waals surface area (Å²) in [6.07, 6.45) is 0.908. The summed E-state index contributed by atoms with van der Waals surface area (Å²) >= 11 is 0. The number of fused-ring (bicyclic) bond motifs is 1. The third kappa shape index (κ3) is 4.57. The number of carbonyl (C=O) groups excluding carboxylic acids is 1. The number of hydrogen-bond acceptors (Lipinski definition) is 4. The van der Waals surface area contributed by atoms with Gasteiger partial charge in [-0.1, -0.05) is 0 Å². The van der Waals surface area contributed by atoms with Gasteiger partial charge in [-0.15, -0.1) is 0 Å². The monoisotopic (exact) mass is 442 g/mol. The molecule has 0 bridgehead atoms. The zero-order valence-electron chi connectivity index (χ0n) is 17.9. The van der Waals surface area contributed by atoms with Crippen LogP contribution in [0.15, 0.2) is 42.5 Å². The molecular weight excluding hydrogens is 415 g/mol. The van der Waals surface area contributed by atoms with Crippen molar-refractivity contribution in [2.24, 2.45) is 0 Å². The topological polar surface area (TPSA) is 51.5 Å². The van der Waals surface area contributed by atoms with Gasteiger partial charge in [-0.05, 0) is 62.4 Å². The number of nitrogens with zero attached hydrogens (tertiary/aromatic N) is 2. The molecule has 0 amide bonds. The minimum absolute atomic E-state index is 0.118. The molecule has 164 valence electrons. The second-order valence-electron chi connectivity index (χ2n) is 7.87. The number of hydrogen-bond donors (Lipinski definition) is 0. The van der Waals surface area contributed by atoms with Gasteiger partial charge >= 0.3 is 0 Å². The van der Waals surface area contributed by atoms with Crippen molar-refractivity contribution in [1.29, 1.82) is 0 Å². The molecule has 4 rings (SSSR count). The maximum Gasteiger partial charge on any atom is 0.195 e. The molecule has 1 aromatic heterocycles. The summed E-state index contributed by atoms with van der Waals surface area (Å²) in [5.41, 5.74) is 2.82. The lowest BCUT2D eigenvalue weighted by molar-refractivity contribution is 0.103. The molecule has 31 heavy (non-hydrogen) atoms. The molecule has 0 aliphatic carbocycles. The Morgan fingerprint density at radius 2 is 1.81 bits per heavy atom. The van der Waals surface area contributed by atoms with Gasteiger partial charge in [-0.3, -0.25) is 9.00 Å². The van der Waals surface area contributed by atoms with Crippen LogP contribution >= 0.6 is 0 Å². The van der Waals surface area contributed by atoms with Gasteiger partial charge in [0, 0.05) is 64.1 Å². The van der Waals surface area contributed by atoms with Crippen LogP contribution in [0.3, 0.4) is 0 Å². The predicted molar refractivity (Wildman–Crippen MR) is 122 cm³/mol. The minimum atomic E-state index is -0.677. The van der Waals surface area contributed by atoms with Crippen LogP contribution in [-0.2, 0) is 17.3 Å². The first-order valence-corrected chi connectivity index (χ1v) is 12.0. The lowest BCUT2D eigenvalue weighted by atomic mass is 10.0. The molecule has 5 nitrogen and oxygen atoms in total. The first-order chi connectivity index (χ1) is 15.0. The van der Waals surface area contributed by atoms with Crippen LogP contribution in [-0.4, -0.2) is 57.7 Å².